The number of likely N-dealkylation sites (tertiary alicyclic amines) is 2. The number of hydrogen-bond donors (Lipinski definition) is 2. The summed E-state index contributed by atoms with van der Waals surface area (Å²) in [5.74, 6) is 0.949. The Morgan fingerprint density at radius 1 is 0.893 bits per heavy atom. The molecule has 1 aromatic heterocycles. The first-order chi connectivity index (χ1) is 13.7. The van der Waals surface area contributed by atoms with Crippen LogP contribution in [0.2, 0.25) is 0 Å². The number of nitriles is 1. The van der Waals surface area contributed by atoms with Gasteiger partial charge in [0.15, 0.2) is 0 Å². The molecular formula is C20H28N6O2. The number of rotatable bonds is 6. The van der Waals surface area contributed by atoms with E-state index in [0.29, 0.717) is 17.2 Å². The zero-order chi connectivity index (χ0) is 19.8. The smallest absolute Gasteiger partial charge is 0.241 e. The summed E-state index contributed by atoms with van der Waals surface area (Å²) in [5, 5.41) is 15.3. The molecule has 0 saturated carbocycles. The first-order valence-corrected chi connectivity index (χ1v) is 10.1. The quantitative estimate of drug-likeness (QED) is 0.776. The molecule has 3 heterocycles. The highest BCUT2D eigenvalue weighted by Crippen LogP contribution is 2.16. The molecule has 0 aliphatic carbocycles. The first-order valence-electron chi connectivity index (χ1n) is 10.1. The lowest BCUT2D eigenvalue weighted by molar-refractivity contribution is -0.130. The van der Waals surface area contributed by atoms with Crippen LogP contribution in [0.1, 0.15) is 44.1 Å². The molecule has 2 amide bonds. The van der Waals surface area contributed by atoms with Crippen LogP contribution in [0, 0.1) is 11.3 Å². The molecule has 0 atom stereocenters. The van der Waals surface area contributed by atoms with Crippen molar-refractivity contribution in [3.63, 3.8) is 0 Å². The molecule has 2 N–H and O–H groups in total. The largest absolute Gasteiger partial charge is 0.361 e. The van der Waals surface area contributed by atoms with Gasteiger partial charge in [-0.1, -0.05) is 0 Å². The Labute approximate surface area is 165 Å². The summed E-state index contributed by atoms with van der Waals surface area (Å²) >= 11 is 0. The maximum Gasteiger partial charge on any atom is 0.241 e. The molecule has 8 nitrogen and oxygen atoms in total. The van der Waals surface area contributed by atoms with Gasteiger partial charge in [0.05, 0.1) is 18.7 Å². The van der Waals surface area contributed by atoms with E-state index in [1.54, 1.807) is 12.1 Å². The van der Waals surface area contributed by atoms with Crippen molar-refractivity contribution in [2.24, 2.45) is 0 Å². The van der Waals surface area contributed by atoms with Gasteiger partial charge in [0.1, 0.15) is 17.7 Å². The molecule has 28 heavy (non-hydrogen) atoms. The molecule has 0 radical (unpaired) electrons. The monoisotopic (exact) mass is 384 g/mol. The average Bonchev–Trinajstić information content (AvgIpc) is 2.77. The first kappa shape index (κ1) is 19.9. The van der Waals surface area contributed by atoms with E-state index >= 15 is 0 Å². The number of anilines is 2. The Morgan fingerprint density at radius 3 is 1.96 bits per heavy atom. The van der Waals surface area contributed by atoms with Crippen molar-refractivity contribution in [1.29, 1.82) is 5.26 Å². The predicted molar refractivity (Wildman–Crippen MR) is 107 cm³/mol. The summed E-state index contributed by atoms with van der Waals surface area (Å²) in [5.41, 5.74) is 0.374. The van der Waals surface area contributed by atoms with Gasteiger partial charge in [-0.2, -0.15) is 5.26 Å². The molecule has 0 spiro atoms. The number of hydrogen-bond acceptors (Lipinski definition) is 6. The second-order valence-corrected chi connectivity index (χ2v) is 7.29. The Hall–Kier alpha value is -2.82. The molecule has 1 aromatic rings. The number of carbonyl (C=O) groups is 2. The highest BCUT2D eigenvalue weighted by atomic mass is 16.2. The van der Waals surface area contributed by atoms with Crippen molar-refractivity contribution in [2.75, 3.05) is 49.9 Å². The Morgan fingerprint density at radius 2 is 1.43 bits per heavy atom. The third-order valence-electron chi connectivity index (χ3n) is 5.26. The summed E-state index contributed by atoms with van der Waals surface area (Å²) in [6.07, 6.45) is 6.54. The van der Waals surface area contributed by atoms with Crippen LogP contribution in [0.25, 0.3) is 0 Å². The van der Waals surface area contributed by atoms with E-state index in [0.717, 1.165) is 51.9 Å². The van der Waals surface area contributed by atoms with Crippen molar-refractivity contribution in [3.8, 4) is 6.07 Å². The van der Waals surface area contributed by atoms with Crippen LogP contribution in [-0.4, -0.2) is 65.9 Å². The SMILES string of the molecule is N#Cc1ccc(NCC(=O)N2CCCCC2)nc1NCC(=O)N1CCCCC1. The molecule has 150 valence electrons. The minimum absolute atomic E-state index is 0.0176. The molecule has 0 bridgehead atoms. The lowest BCUT2D eigenvalue weighted by atomic mass is 10.1. The summed E-state index contributed by atoms with van der Waals surface area (Å²) in [6.45, 7) is 3.49. The van der Waals surface area contributed by atoms with Gasteiger partial charge in [-0.25, -0.2) is 4.98 Å². The topological polar surface area (TPSA) is 101 Å². The average molecular weight is 384 g/mol. The summed E-state index contributed by atoms with van der Waals surface area (Å²) in [4.78, 5) is 32.7. The molecule has 0 aromatic carbocycles. The Bertz CT molecular complexity index is 733. The standard InChI is InChI=1S/C20H28N6O2/c21-13-16-7-8-17(22-14-18(27)25-9-3-1-4-10-25)24-20(16)23-15-19(28)26-11-5-2-6-12-26/h7-8H,1-6,9-12,14-15H2,(H2,22,23,24). The lowest BCUT2D eigenvalue weighted by Gasteiger charge is -2.27. The van der Waals surface area contributed by atoms with Crippen molar-refractivity contribution in [3.05, 3.63) is 17.7 Å². The number of nitrogens with zero attached hydrogens (tertiary/aromatic N) is 4. The summed E-state index contributed by atoms with van der Waals surface area (Å²) in [6, 6.07) is 5.42. The molecule has 2 saturated heterocycles. The van der Waals surface area contributed by atoms with Crippen LogP contribution >= 0.6 is 0 Å². The van der Waals surface area contributed by atoms with E-state index in [1.165, 1.54) is 12.8 Å². The van der Waals surface area contributed by atoms with Gasteiger partial charge in [-0.15, -0.1) is 0 Å². The van der Waals surface area contributed by atoms with Crippen molar-refractivity contribution >= 4 is 23.5 Å². The van der Waals surface area contributed by atoms with Crippen LogP contribution in [0.3, 0.4) is 0 Å². The zero-order valence-electron chi connectivity index (χ0n) is 16.2. The number of nitrogens with one attached hydrogen (secondary N) is 2. The van der Waals surface area contributed by atoms with Crippen LogP contribution in [0.4, 0.5) is 11.6 Å². The van der Waals surface area contributed by atoms with Crippen LogP contribution < -0.4 is 10.6 Å². The highest BCUT2D eigenvalue weighted by Gasteiger charge is 2.18. The van der Waals surface area contributed by atoms with E-state index < -0.39 is 0 Å². The third kappa shape index (κ3) is 5.35. The minimum atomic E-state index is 0.0176. The predicted octanol–water partition coefficient (Wildman–Crippen LogP) is 1.80. The Balaban J connectivity index is 1.55. The zero-order valence-corrected chi connectivity index (χ0v) is 16.2. The van der Waals surface area contributed by atoms with Gasteiger partial charge < -0.3 is 20.4 Å². The number of carbonyl (C=O) groups excluding carboxylic acids is 2. The number of aromatic nitrogens is 1. The van der Waals surface area contributed by atoms with E-state index in [9.17, 15) is 14.9 Å². The molecule has 2 aliphatic rings. The molecule has 2 fully saturated rings. The summed E-state index contributed by atoms with van der Waals surface area (Å²) < 4.78 is 0. The van der Waals surface area contributed by atoms with Gasteiger partial charge >= 0.3 is 0 Å². The second-order valence-electron chi connectivity index (χ2n) is 7.29. The van der Waals surface area contributed by atoms with Crippen LogP contribution in [-0.2, 0) is 9.59 Å². The van der Waals surface area contributed by atoms with Crippen molar-refractivity contribution in [1.82, 2.24) is 14.8 Å². The van der Waals surface area contributed by atoms with Crippen molar-refractivity contribution < 1.29 is 9.59 Å². The van der Waals surface area contributed by atoms with Gasteiger partial charge in [0, 0.05) is 26.2 Å². The van der Waals surface area contributed by atoms with Gasteiger partial charge in [-0.3, -0.25) is 9.59 Å². The van der Waals surface area contributed by atoms with Crippen molar-refractivity contribution in [2.45, 2.75) is 38.5 Å². The fourth-order valence-electron chi connectivity index (χ4n) is 3.62. The maximum absolute atomic E-state index is 12.3. The Kier molecular flexibility index (Phi) is 7.06. The van der Waals surface area contributed by atoms with Gasteiger partial charge in [0.2, 0.25) is 11.8 Å². The van der Waals surface area contributed by atoms with E-state index in [1.807, 2.05) is 9.80 Å². The second kappa shape index (κ2) is 9.93. The molecule has 3 rings (SSSR count). The minimum Gasteiger partial charge on any atom is -0.361 e. The lowest BCUT2D eigenvalue weighted by Crippen LogP contribution is -2.39. The highest BCUT2D eigenvalue weighted by molar-refractivity contribution is 5.82. The molecule has 2 aliphatic heterocycles. The third-order valence-corrected chi connectivity index (χ3v) is 5.26. The molecular weight excluding hydrogens is 356 g/mol. The van der Waals surface area contributed by atoms with Crippen LogP contribution in [0.5, 0.6) is 0 Å². The molecule has 8 heteroatoms. The van der Waals surface area contributed by atoms with E-state index in [-0.39, 0.29) is 24.9 Å². The van der Waals surface area contributed by atoms with Crippen LogP contribution in [0.15, 0.2) is 12.1 Å². The molecule has 0 unspecified atom stereocenters. The fraction of sp³-hybridized carbons (Fsp3) is 0.600. The normalized spacial score (nSPS) is 17.0. The van der Waals surface area contributed by atoms with Gasteiger partial charge in [0.25, 0.3) is 0 Å². The fourth-order valence-corrected chi connectivity index (χ4v) is 3.62. The maximum atomic E-state index is 12.3. The van der Waals surface area contributed by atoms with E-state index in [4.69, 9.17) is 0 Å². The number of pyridine rings is 1. The summed E-state index contributed by atoms with van der Waals surface area (Å²) in [7, 11) is 0. The van der Waals surface area contributed by atoms with E-state index in [2.05, 4.69) is 21.7 Å². The van der Waals surface area contributed by atoms with Gasteiger partial charge in [-0.05, 0) is 50.7 Å². The number of amides is 2. The number of piperidine rings is 2.